The van der Waals surface area contributed by atoms with Crippen molar-refractivity contribution in [2.75, 3.05) is 5.32 Å². The van der Waals surface area contributed by atoms with Gasteiger partial charge >= 0.3 is 6.03 Å². The van der Waals surface area contributed by atoms with Gasteiger partial charge in [-0.25, -0.2) is 27.2 Å². The van der Waals surface area contributed by atoms with Crippen LogP contribution in [-0.4, -0.2) is 32.3 Å². The molecule has 0 spiro atoms. The number of carbonyl (C=O) groups is 1. The fraction of sp³-hybridized carbons (Fsp3) is 0.263. The maximum atomic E-state index is 15.8. The molecule has 8 rings (SSSR count). The van der Waals surface area contributed by atoms with Crippen LogP contribution in [0.5, 0.6) is 5.88 Å². The smallest absolute Gasteiger partial charge is 0.354 e. The van der Waals surface area contributed by atoms with Crippen LogP contribution in [0.3, 0.4) is 0 Å². The second-order valence-corrected chi connectivity index (χ2v) is 14.8. The molecule has 4 aromatic carbocycles. The minimum Gasteiger partial charge on any atom is -0.472 e. The number of carbonyl (C=O) groups excluding carboxylic acids is 1. The zero-order chi connectivity index (χ0) is 33.8. The van der Waals surface area contributed by atoms with Crippen molar-refractivity contribution in [1.29, 1.82) is 0 Å². The molecule has 2 N–H and O–H groups in total. The lowest BCUT2D eigenvalue weighted by molar-refractivity contribution is 0.248. The second kappa shape index (κ2) is 12.2. The van der Waals surface area contributed by atoms with Crippen molar-refractivity contribution in [1.82, 2.24) is 14.5 Å². The van der Waals surface area contributed by atoms with E-state index in [1.165, 1.54) is 6.20 Å². The van der Waals surface area contributed by atoms with Gasteiger partial charge in [0.25, 0.3) is 0 Å². The molecule has 1 aromatic heterocycles. The first-order valence-electron chi connectivity index (χ1n) is 16.5. The van der Waals surface area contributed by atoms with Gasteiger partial charge in [-0.05, 0) is 65.1 Å². The Kier molecular flexibility index (Phi) is 7.83. The number of hydrogen-bond acceptors (Lipinski definition) is 4. The molecule has 250 valence electrons. The SMILES string of the molecule is C[C@@H]1Cn2ncc([S@@](=O)(=NC(=O)Nc3c4c(c(F)c5c3C[C@@H](F)C5)CCC4)NC(c3ccccc3)(c3ccccc3)c3ccccc3)c2O1. The number of fused-ring (bicyclic) bond motifs is 3. The molecule has 49 heavy (non-hydrogen) atoms. The van der Waals surface area contributed by atoms with E-state index in [9.17, 15) is 9.18 Å². The Hall–Kier alpha value is -4.87. The van der Waals surface area contributed by atoms with E-state index in [1.807, 2.05) is 97.9 Å². The first-order valence-corrected chi connectivity index (χ1v) is 18.0. The summed E-state index contributed by atoms with van der Waals surface area (Å²) in [6.45, 7) is 2.32. The maximum Gasteiger partial charge on any atom is 0.354 e. The van der Waals surface area contributed by atoms with Gasteiger partial charge in [-0.3, -0.25) is 0 Å². The predicted molar refractivity (Wildman–Crippen MR) is 183 cm³/mol. The number of anilines is 1. The minimum absolute atomic E-state index is 0.00937. The van der Waals surface area contributed by atoms with E-state index >= 15 is 8.60 Å². The standard InChI is InChI=1S/C38H35F2N5O3S/c1-24-23-45-36(48-24)33(22-41-45)49(47,43-37(46)42-35-30-19-11-18-29(30)34(40)31-20-28(39)21-32(31)35)44-38(25-12-5-2-6-13-25,26-14-7-3-8-15-26)27-16-9-4-10-17-27/h2-10,12-17,22,24,28H,11,18-21,23H2,1H3,(H2,42,43,44,46,47)/t24-,28+,49-/m1/s1. The van der Waals surface area contributed by atoms with Crippen LogP contribution in [0.15, 0.2) is 106 Å². The van der Waals surface area contributed by atoms with Gasteiger partial charge in [0.05, 0.1) is 12.7 Å². The summed E-state index contributed by atoms with van der Waals surface area (Å²) < 4.78 is 61.6. The first kappa shape index (κ1) is 31.4. The highest BCUT2D eigenvalue weighted by molar-refractivity contribution is 7.92. The Bertz CT molecular complexity index is 2090. The third-order valence-electron chi connectivity index (χ3n) is 9.72. The van der Waals surface area contributed by atoms with Crippen LogP contribution in [0.4, 0.5) is 19.3 Å². The number of alkyl halides is 1. The van der Waals surface area contributed by atoms with E-state index in [4.69, 9.17) is 4.74 Å². The zero-order valence-electron chi connectivity index (χ0n) is 26.9. The van der Waals surface area contributed by atoms with Gasteiger partial charge < -0.3 is 10.1 Å². The number of urea groups is 1. The van der Waals surface area contributed by atoms with Crippen LogP contribution in [0, 0.1) is 5.82 Å². The molecule has 0 fully saturated rings. The van der Waals surface area contributed by atoms with Crippen LogP contribution < -0.4 is 14.8 Å². The summed E-state index contributed by atoms with van der Waals surface area (Å²) in [5, 5.41) is 7.33. The molecule has 8 nitrogen and oxygen atoms in total. The molecular weight excluding hydrogens is 645 g/mol. The zero-order valence-corrected chi connectivity index (χ0v) is 27.7. The topological polar surface area (TPSA) is 97.6 Å². The van der Waals surface area contributed by atoms with Gasteiger partial charge in [0.15, 0.2) is 9.92 Å². The summed E-state index contributed by atoms with van der Waals surface area (Å²) in [5.41, 5.74) is 3.30. The predicted octanol–water partition coefficient (Wildman–Crippen LogP) is 7.28. The van der Waals surface area contributed by atoms with Crippen molar-refractivity contribution in [2.45, 2.75) is 68.3 Å². The number of hydrogen-bond donors (Lipinski definition) is 2. The van der Waals surface area contributed by atoms with E-state index in [2.05, 4.69) is 19.5 Å². The molecule has 1 aliphatic heterocycles. The van der Waals surface area contributed by atoms with Gasteiger partial charge in [-0.2, -0.15) is 5.10 Å². The number of nitrogens with one attached hydrogen (secondary N) is 2. The Balaban J connectivity index is 1.33. The molecule has 3 atom stereocenters. The number of amides is 2. The average Bonchev–Trinajstić information content (AvgIpc) is 3.91. The number of benzene rings is 4. The third-order valence-corrected chi connectivity index (χ3v) is 11.6. The number of halogens is 2. The lowest BCUT2D eigenvalue weighted by Gasteiger charge is -2.37. The first-order chi connectivity index (χ1) is 23.8. The Morgan fingerprint density at radius 2 is 1.47 bits per heavy atom. The van der Waals surface area contributed by atoms with Gasteiger partial charge in [-0.15, -0.1) is 4.36 Å². The molecule has 5 aromatic rings. The molecule has 2 heterocycles. The van der Waals surface area contributed by atoms with E-state index in [1.54, 1.807) is 4.68 Å². The summed E-state index contributed by atoms with van der Waals surface area (Å²) in [4.78, 5) is 14.3. The summed E-state index contributed by atoms with van der Waals surface area (Å²) in [5.74, 6) is -0.114. The van der Waals surface area contributed by atoms with Crippen molar-refractivity contribution >= 4 is 21.6 Å². The molecule has 0 unspecified atom stereocenters. The van der Waals surface area contributed by atoms with Crippen LogP contribution in [-0.2, 0) is 47.7 Å². The molecule has 11 heteroatoms. The van der Waals surface area contributed by atoms with Gasteiger partial charge in [0, 0.05) is 18.5 Å². The highest BCUT2D eigenvalue weighted by atomic mass is 32.2. The summed E-state index contributed by atoms with van der Waals surface area (Å²) in [7, 11) is -3.94. The van der Waals surface area contributed by atoms with E-state index in [-0.39, 0.29) is 35.5 Å². The lowest BCUT2D eigenvalue weighted by atomic mass is 9.78. The molecule has 0 radical (unpaired) electrons. The monoisotopic (exact) mass is 679 g/mol. The highest BCUT2D eigenvalue weighted by Gasteiger charge is 2.43. The molecular formula is C38H35F2N5O3S. The largest absolute Gasteiger partial charge is 0.472 e. The summed E-state index contributed by atoms with van der Waals surface area (Å²) >= 11 is 0. The second-order valence-electron chi connectivity index (χ2n) is 12.9. The number of aromatic nitrogens is 2. The third kappa shape index (κ3) is 5.32. The van der Waals surface area contributed by atoms with Crippen molar-refractivity contribution in [2.24, 2.45) is 4.36 Å². The van der Waals surface area contributed by atoms with Crippen LogP contribution >= 0.6 is 0 Å². The molecule has 2 amide bonds. The summed E-state index contributed by atoms with van der Waals surface area (Å²) in [6, 6.07) is 27.8. The van der Waals surface area contributed by atoms with Crippen molar-refractivity contribution in [3.8, 4) is 5.88 Å². The lowest BCUT2D eigenvalue weighted by Crippen LogP contribution is -2.48. The average molecular weight is 680 g/mol. The Morgan fingerprint density at radius 3 is 2.08 bits per heavy atom. The van der Waals surface area contributed by atoms with Crippen molar-refractivity contribution in [3.63, 3.8) is 0 Å². The van der Waals surface area contributed by atoms with Crippen molar-refractivity contribution < 1.29 is 22.5 Å². The van der Waals surface area contributed by atoms with Gasteiger partial charge in [0.2, 0.25) is 5.88 Å². The fourth-order valence-electron chi connectivity index (χ4n) is 7.60. The molecule has 3 aliphatic rings. The van der Waals surface area contributed by atoms with Crippen LogP contribution in [0.2, 0.25) is 0 Å². The maximum absolute atomic E-state index is 15.8. The van der Waals surface area contributed by atoms with Crippen molar-refractivity contribution in [3.05, 3.63) is 142 Å². The molecule has 2 aliphatic carbocycles. The fourth-order valence-corrected chi connectivity index (χ4v) is 9.48. The normalized spacial score (nSPS) is 19.0. The molecule has 0 saturated heterocycles. The van der Waals surface area contributed by atoms with Crippen LogP contribution in [0.25, 0.3) is 0 Å². The highest BCUT2D eigenvalue weighted by Crippen LogP contribution is 2.43. The Morgan fingerprint density at radius 1 is 0.898 bits per heavy atom. The van der Waals surface area contributed by atoms with E-state index in [0.717, 1.165) is 23.1 Å². The Labute approximate surface area is 283 Å². The van der Waals surface area contributed by atoms with Gasteiger partial charge in [-0.1, -0.05) is 91.0 Å². The van der Waals surface area contributed by atoms with Crippen LogP contribution in [0.1, 0.15) is 52.3 Å². The number of rotatable bonds is 7. The quantitative estimate of drug-likeness (QED) is 0.177. The summed E-state index contributed by atoms with van der Waals surface area (Å²) in [6.07, 6.45) is 1.67. The number of ether oxygens (including phenoxy) is 1. The molecule has 0 bridgehead atoms. The van der Waals surface area contributed by atoms with Gasteiger partial charge in [0.1, 0.15) is 28.5 Å². The number of nitrogens with zero attached hydrogens (tertiary/aromatic N) is 3. The minimum atomic E-state index is -3.94. The van der Waals surface area contributed by atoms with E-state index in [0.29, 0.717) is 47.3 Å². The molecule has 0 saturated carbocycles. The van der Waals surface area contributed by atoms with E-state index < -0.39 is 27.7 Å².